The number of benzene rings is 2. The van der Waals surface area contributed by atoms with Crippen LogP contribution in [0.3, 0.4) is 0 Å². The van der Waals surface area contributed by atoms with Gasteiger partial charge in [0.05, 0.1) is 16.1 Å². The number of amides is 2. The average molecular weight is 440 g/mol. The van der Waals surface area contributed by atoms with Gasteiger partial charge in [0, 0.05) is 37.4 Å². The van der Waals surface area contributed by atoms with E-state index >= 15 is 0 Å². The van der Waals surface area contributed by atoms with E-state index in [1.54, 1.807) is 12.1 Å². The lowest BCUT2D eigenvalue weighted by Crippen LogP contribution is -2.46. The standard InChI is InChI=1S/C25H30ClN3O2/c1-18-8-6-7-15-29(18)25(31)21-10-3-5-12-23(21)28-16-13-19(14-17-28)27-24(30)20-9-2-4-11-22(20)26/h2-5,9-12,18-19H,6-8,13-17H2,1H3,(H,27,30)/t18-/m1/s1. The number of carbonyl (C=O) groups is 2. The zero-order valence-corrected chi connectivity index (χ0v) is 18.8. The Hall–Kier alpha value is -2.53. The number of para-hydroxylation sites is 1. The molecule has 1 atom stereocenters. The Bertz CT molecular complexity index is 940. The van der Waals surface area contributed by atoms with Crippen molar-refractivity contribution in [2.24, 2.45) is 0 Å². The molecule has 2 fully saturated rings. The van der Waals surface area contributed by atoms with Crippen molar-refractivity contribution in [1.29, 1.82) is 0 Å². The summed E-state index contributed by atoms with van der Waals surface area (Å²) >= 11 is 6.16. The third-order valence-corrected chi connectivity index (χ3v) is 6.82. The van der Waals surface area contributed by atoms with Gasteiger partial charge in [-0.3, -0.25) is 9.59 Å². The minimum Gasteiger partial charge on any atom is -0.371 e. The molecule has 0 spiro atoms. The molecule has 5 nitrogen and oxygen atoms in total. The molecule has 2 heterocycles. The maximum Gasteiger partial charge on any atom is 0.256 e. The van der Waals surface area contributed by atoms with E-state index in [1.165, 1.54) is 6.42 Å². The van der Waals surface area contributed by atoms with E-state index in [-0.39, 0.29) is 17.9 Å². The molecular weight excluding hydrogens is 410 g/mol. The third kappa shape index (κ3) is 4.87. The van der Waals surface area contributed by atoms with Crippen LogP contribution < -0.4 is 10.2 Å². The molecule has 0 bridgehead atoms. The number of nitrogens with one attached hydrogen (secondary N) is 1. The average Bonchev–Trinajstić information content (AvgIpc) is 2.80. The summed E-state index contributed by atoms with van der Waals surface area (Å²) in [6, 6.07) is 15.5. The van der Waals surface area contributed by atoms with Crippen LogP contribution >= 0.6 is 11.6 Å². The molecule has 0 aromatic heterocycles. The molecule has 4 rings (SSSR count). The van der Waals surface area contributed by atoms with E-state index in [9.17, 15) is 9.59 Å². The van der Waals surface area contributed by atoms with Crippen molar-refractivity contribution in [3.63, 3.8) is 0 Å². The Balaban J connectivity index is 1.41. The van der Waals surface area contributed by atoms with Crippen molar-refractivity contribution in [3.8, 4) is 0 Å². The van der Waals surface area contributed by atoms with Crippen LogP contribution in [0.25, 0.3) is 0 Å². The Morgan fingerprint density at radius 1 is 0.903 bits per heavy atom. The summed E-state index contributed by atoms with van der Waals surface area (Å²) in [6.07, 6.45) is 5.01. The first-order valence-corrected chi connectivity index (χ1v) is 11.6. The van der Waals surface area contributed by atoms with Gasteiger partial charge in [-0.25, -0.2) is 0 Å². The lowest BCUT2D eigenvalue weighted by atomic mass is 9.99. The number of rotatable bonds is 4. The van der Waals surface area contributed by atoms with Crippen LogP contribution in [-0.2, 0) is 0 Å². The number of anilines is 1. The van der Waals surface area contributed by atoms with E-state index in [4.69, 9.17) is 11.6 Å². The molecule has 2 aliphatic rings. The number of nitrogens with zero attached hydrogens (tertiary/aromatic N) is 2. The van der Waals surface area contributed by atoms with E-state index in [2.05, 4.69) is 17.1 Å². The number of hydrogen-bond donors (Lipinski definition) is 1. The second kappa shape index (κ2) is 9.73. The highest BCUT2D eigenvalue weighted by atomic mass is 35.5. The maximum absolute atomic E-state index is 13.3. The van der Waals surface area contributed by atoms with Crippen molar-refractivity contribution in [2.75, 3.05) is 24.5 Å². The predicted molar refractivity (Wildman–Crippen MR) is 125 cm³/mol. The molecule has 164 valence electrons. The summed E-state index contributed by atoms with van der Waals surface area (Å²) in [7, 11) is 0. The number of piperidine rings is 2. The molecule has 2 aromatic rings. The SMILES string of the molecule is C[C@@H]1CCCCN1C(=O)c1ccccc1N1CCC(NC(=O)c2ccccc2Cl)CC1. The van der Waals surface area contributed by atoms with Gasteiger partial charge < -0.3 is 15.1 Å². The molecule has 2 saturated heterocycles. The van der Waals surface area contributed by atoms with Crippen molar-refractivity contribution in [3.05, 3.63) is 64.7 Å². The molecule has 0 unspecified atom stereocenters. The lowest BCUT2D eigenvalue weighted by molar-refractivity contribution is 0.0636. The molecule has 0 radical (unpaired) electrons. The minimum absolute atomic E-state index is 0.102. The summed E-state index contributed by atoms with van der Waals surface area (Å²) in [5, 5.41) is 3.59. The van der Waals surface area contributed by atoms with Gasteiger partial charge in [-0.1, -0.05) is 35.9 Å². The van der Waals surface area contributed by atoms with Crippen molar-refractivity contribution in [2.45, 2.75) is 51.1 Å². The second-order valence-corrected chi connectivity index (χ2v) is 8.98. The summed E-state index contributed by atoms with van der Waals surface area (Å²) in [5.41, 5.74) is 2.30. The minimum atomic E-state index is -0.126. The maximum atomic E-state index is 13.3. The highest BCUT2D eigenvalue weighted by molar-refractivity contribution is 6.33. The Morgan fingerprint density at radius 2 is 1.58 bits per heavy atom. The van der Waals surface area contributed by atoms with Gasteiger partial charge in [-0.2, -0.15) is 0 Å². The fourth-order valence-corrected chi connectivity index (χ4v) is 4.88. The fraction of sp³-hybridized carbons (Fsp3) is 0.440. The Morgan fingerprint density at radius 3 is 2.29 bits per heavy atom. The normalized spacial score (nSPS) is 19.9. The molecule has 6 heteroatoms. The van der Waals surface area contributed by atoms with Gasteiger partial charge in [0.1, 0.15) is 0 Å². The van der Waals surface area contributed by atoms with Gasteiger partial charge in [0.15, 0.2) is 0 Å². The fourth-order valence-electron chi connectivity index (χ4n) is 4.66. The van der Waals surface area contributed by atoms with Crippen molar-refractivity contribution >= 4 is 29.1 Å². The Labute approximate surface area is 189 Å². The van der Waals surface area contributed by atoms with Crippen LogP contribution in [-0.4, -0.2) is 48.4 Å². The van der Waals surface area contributed by atoms with E-state index in [0.717, 1.165) is 56.6 Å². The predicted octanol–water partition coefficient (Wildman–Crippen LogP) is 4.75. The number of likely N-dealkylation sites (tertiary alicyclic amines) is 1. The van der Waals surface area contributed by atoms with Crippen LogP contribution in [0.1, 0.15) is 59.7 Å². The largest absolute Gasteiger partial charge is 0.371 e. The van der Waals surface area contributed by atoms with Crippen LogP contribution in [0.15, 0.2) is 48.5 Å². The zero-order valence-electron chi connectivity index (χ0n) is 18.0. The Kier molecular flexibility index (Phi) is 6.81. The van der Waals surface area contributed by atoms with Gasteiger partial charge in [-0.05, 0) is 63.3 Å². The van der Waals surface area contributed by atoms with Crippen LogP contribution in [0.4, 0.5) is 5.69 Å². The second-order valence-electron chi connectivity index (χ2n) is 8.58. The van der Waals surface area contributed by atoms with Gasteiger partial charge >= 0.3 is 0 Å². The monoisotopic (exact) mass is 439 g/mol. The molecule has 2 aliphatic heterocycles. The zero-order chi connectivity index (χ0) is 21.8. The summed E-state index contributed by atoms with van der Waals surface area (Å²) in [4.78, 5) is 30.2. The molecule has 2 amide bonds. The van der Waals surface area contributed by atoms with E-state index in [1.807, 2.05) is 41.3 Å². The van der Waals surface area contributed by atoms with Crippen molar-refractivity contribution in [1.82, 2.24) is 10.2 Å². The first-order valence-electron chi connectivity index (χ1n) is 11.2. The molecule has 31 heavy (non-hydrogen) atoms. The van der Waals surface area contributed by atoms with Crippen molar-refractivity contribution < 1.29 is 9.59 Å². The van der Waals surface area contributed by atoms with E-state index in [0.29, 0.717) is 16.6 Å². The molecule has 1 N–H and O–H groups in total. The number of carbonyl (C=O) groups excluding carboxylic acids is 2. The van der Waals surface area contributed by atoms with Crippen LogP contribution in [0, 0.1) is 0 Å². The molecule has 0 aliphatic carbocycles. The summed E-state index contributed by atoms with van der Waals surface area (Å²) in [6.45, 7) is 4.58. The summed E-state index contributed by atoms with van der Waals surface area (Å²) < 4.78 is 0. The van der Waals surface area contributed by atoms with Crippen LogP contribution in [0.2, 0.25) is 5.02 Å². The van der Waals surface area contributed by atoms with Gasteiger partial charge in [-0.15, -0.1) is 0 Å². The van der Waals surface area contributed by atoms with Crippen LogP contribution in [0.5, 0.6) is 0 Å². The highest BCUT2D eigenvalue weighted by Crippen LogP contribution is 2.28. The first-order chi connectivity index (χ1) is 15.0. The molecule has 2 aromatic carbocycles. The number of hydrogen-bond acceptors (Lipinski definition) is 3. The topological polar surface area (TPSA) is 52.7 Å². The number of halogens is 1. The lowest BCUT2D eigenvalue weighted by Gasteiger charge is -2.37. The highest BCUT2D eigenvalue weighted by Gasteiger charge is 2.28. The third-order valence-electron chi connectivity index (χ3n) is 6.49. The first kappa shape index (κ1) is 21.7. The van der Waals surface area contributed by atoms with E-state index < -0.39 is 0 Å². The quantitative estimate of drug-likeness (QED) is 0.747. The molecule has 0 saturated carbocycles. The molecular formula is C25H30ClN3O2. The smallest absolute Gasteiger partial charge is 0.256 e. The van der Waals surface area contributed by atoms with Gasteiger partial charge in [0.25, 0.3) is 11.8 Å². The van der Waals surface area contributed by atoms with Gasteiger partial charge in [0.2, 0.25) is 0 Å². The summed E-state index contributed by atoms with van der Waals surface area (Å²) in [5.74, 6) is 0.00987.